The average molecular weight is 302 g/mol. The molecule has 0 radical (unpaired) electrons. The number of rotatable bonds is 4. The predicted octanol–water partition coefficient (Wildman–Crippen LogP) is 2.34. The van der Waals surface area contributed by atoms with Crippen molar-refractivity contribution in [3.8, 4) is 0 Å². The molecule has 0 amide bonds. The zero-order chi connectivity index (χ0) is 15.9. The molecule has 1 heterocycles. The Bertz CT molecular complexity index is 480. The lowest BCUT2D eigenvalue weighted by Crippen LogP contribution is -2.44. The van der Waals surface area contributed by atoms with Crippen LogP contribution in [-0.2, 0) is 6.54 Å². The highest BCUT2D eigenvalue weighted by Gasteiger charge is 2.17. The first-order chi connectivity index (χ1) is 10.6. The highest BCUT2D eigenvalue weighted by molar-refractivity contribution is 5.79. The van der Waals surface area contributed by atoms with E-state index in [9.17, 15) is 0 Å². The Morgan fingerprint density at radius 1 is 1.36 bits per heavy atom. The fraction of sp³-hybridized carbons (Fsp3) is 0.611. The Hall–Kier alpha value is -1.55. The summed E-state index contributed by atoms with van der Waals surface area (Å²) < 4.78 is 0. The van der Waals surface area contributed by atoms with E-state index in [-0.39, 0.29) is 0 Å². The lowest BCUT2D eigenvalue weighted by Gasteiger charge is -2.31. The van der Waals surface area contributed by atoms with Crippen LogP contribution < -0.4 is 5.32 Å². The van der Waals surface area contributed by atoms with E-state index >= 15 is 0 Å². The van der Waals surface area contributed by atoms with Crippen molar-refractivity contribution in [1.29, 1.82) is 0 Å². The number of aliphatic imine (C=N–C) groups is 1. The van der Waals surface area contributed by atoms with E-state index in [0.717, 1.165) is 25.0 Å². The van der Waals surface area contributed by atoms with Crippen LogP contribution in [0.25, 0.3) is 0 Å². The molecule has 122 valence electrons. The van der Waals surface area contributed by atoms with Crippen molar-refractivity contribution in [2.75, 3.05) is 40.8 Å². The Labute approximate surface area is 135 Å². The van der Waals surface area contributed by atoms with Crippen LogP contribution in [0, 0.1) is 12.8 Å². The molecule has 0 aliphatic carbocycles. The fourth-order valence-electron chi connectivity index (χ4n) is 3.10. The molecule has 1 unspecified atom stereocenters. The van der Waals surface area contributed by atoms with Crippen molar-refractivity contribution >= 4 is 5.96 Å². The number of piperidine rings is 1. The molecule has 1 fully saturated rings. The van der Waals surface area contributed by atoms with Gasteiger partial charge in [-0.1, -0.05) is 29.8 Å². The van der Waals surface area contributed by atoms with E-state index in [1.54, 1.807) is 0 Å². The van der Waals surface area contributed by atoms with Crippen molar-refractivity contribution < 1.29 is 0 Å². The maximum absolute atomic E-state index is 4.42. The van der Waals surface area contributed by atoms with Crippen LogP contribution in [-0.4, -0.2) is 56.5 Å². The minimum atomic E-state index is 0.725. The minimum Gasteiger partial charge on any atom is -0.356 e. The fourth-order valence-corrected chi connectivity index (χ4v) is 3.10. The van der Waals surface area contributed by atoms with E-state index in [4.69, 9.17) is 0 Å². The summed E-state index contributed by atoms with van der Waals surface area (Å²) in [5, 5.41) is 3.54. The Balaban J connectivity index is 1.83. The maximum Gasteiger partial charge on any atom is 0.193 e. The van der Waals surface area contributed by atoms with Gasteiger partial charge in [0.2, 0.25) is 0 Å². The standard InChI is InChI=1S/C18H30N4/c1-15-7-9-16(10-8-15)14-22(4)18(19-2)20-12-17-6-5-11-21(3)13-17/h7-10,17H,5-6,11-14H2,1-4H3,(H,19,20). The molecule has 1 aliphatic heterocycles. The summed E-state index contributed by atoms with van der Waals surface area (Å²) in [5.41, 5.74) is 2.61. The third kappa shape index (κ3) is 5.02. The minimum absolute atomic E-state index is 0.725. The van der Waals surface area contributed by atoms with Gasteiger partial charge in [0.25, 0.3) is 0 Å². The molecule has 0 spiro atoms. The van der Waals surface area contributed by atoms with E-state index in [1.807, 2.05) is 7.05 Å². The van der Waals surface area contributed by atoms with Crippen molar-refractivity contribution in [2.24, 2.45) is 10.9 Å². The number of nitrogens with one attached hydrogen (secondary N) is 1. The largest absolute Gasteiger partial charge is 0.356 e. The van der Waals surface area contributed by atoms with E-state index in [1.165, 1.54) is 37.1 Å². The Kier molecular flexibility index (Phi) is 6.25. The zero-order valence-electron chi connectivity index (χ0n) is 14.5. The highest BCUT2D eigenvalue weighted by atomic mass is 15.3. The monoisotopic (exact) mass is 302 g/mol. The number of nitrogens with zero attached hydrogens (tertiary/aromatic N) is 3. The van der Waals surface area contributed by atoms with E-state index in [0.29, 0.717) is 0 Å². The SMILES string of the molecule is CN=C(NCC1CCCN(C)C1)N(C)Cc1ccc(C)cc1. The van der Waals surface area contributed by atoms with Gasteiger partial charge in [0.1, 0.15) is 0 Å². The quantitative estimate of drug-likeness (QED) is 0.684. The van der Waals surface area contributed by atoms with Gasteiger partial charge in [-0.15, -0.1) is 0 Å². The number of guanidine groups is 1. The molecule has 1 aliphatic rings. The smallest absolute Gasteiger partial charge is 0.193 e. The summed E-state index contributed by atoms with van der Waals surface area (Å²) in [6, 6.07) is 8.71. The number of likely N-dealkylation sites (tertiary alicyclic amines) is 1. The number of hydrogen-bond acceptors (Lipinski definition) is 2. The van der Waals surface area contributed by atoms with Gasteiger partial charge < -0.3 is 15.1 Å². The van der Waals surface area contributed by atoms with Gasteiger partial charge in [0.05, 0.1) is 0 Å². The normalized spacial score (nSPS) is 20.0. The molecule has 1 aromatic rings. The predicted molar refractivity (Wildman–Crippen MR) is 94.2 cm³/mol. The van der Waals surface area contributed by atoms with Crippen molar-refractivity contribution in [1.82, 2.24) is 15.1 Å². The van der Waals surface area contributed by atoms with Crippen LogP contribution in [0.5, 0.6) is 0 Å². The molecule has 1 saturated heterocycles. The molecule has 1 aromatic carbocycles. The van der Waals surface area contributed by atoms with Gasteiger partial charge in [0, 0.05) is 33.7 Å². The number of hydrogen-bond donors (Lipinski definition) is 1. The Morgan fingerprint density at radius 3 is 2.73 bits per heavy atom. The van der Waals surface area contributed by atoms with Gasteiger partial charge in [-0.25, -0.2) is 0 Å². The molecule has 22 heavy (non-hydrogen) atoms. The summed E-state index contributed by atoms with van der Waals surface area (Å²) in [7, 11) is 6.17. The summed E-state index contributed by atoms with van der Waals surface area (Å²) >= 11 is 0. The van der Waals surface area contributed by atoms with Crippen LogP contribution in [0.15, 0.2) is 29.3 Å². The van der Waals surface area contributed by atoms with Crippen LogP contribution >= 0.6 is 0 Å². The van der Waals surface area contributed by atoms with Gasteiger partial charge in [-0.05, 0) is 44.8 Å². The molecule has 0 saturated carbocycles. The first kappa shape index (κ1) is 16.8. The van der Waals surface area contributed by atoms with Gasteiger partial charge >= 0.3 is 0 Å². The van der Waals surface area contributed by atoms with Crippen LogP contribution in [0.2, 0.25) is 0 Å². The summed E-state index contributed by atoms with van der Waals surface area (Å²) in [6.45, 7) is 6.43. The van der Waals surface area contributed by atoms with E-state index < -0.39 is 0 Å². The molecule has 0 bridgehead atoms. The van der Waals surface area contributed by atoms with Crippen LogP contribution in [0.4, 0.5) is 0 Å². The molecular formula is C18H30N4. The number of benzene rings is 1. The second-order valence-corrected chi connectivity index (χ2v) is 6.54. The van der Waals surface area contributed by atoms with Gasteiger partial charge in [0.15, 0.2) is 5.96 Å². The first-order valence-corrected chi connectivity index (χ1v) is 8.24. The lowest BCUT2D eigenvalue weighted by molar-refractivity contribution is 0.209. The van der Waals surface area contributed by atoms with Crippen LogP contribution in [0.3, 0.4) is 0 Å². The van der Waals surface area contributed by atoms with Gasteiger partial charge in [-0.2, -0.15) is 0 Å². The topological polar surface area (TPSA) is 30.9 Å². The molecular weight excluding hydrogens is 272 g/mol. The van der Waals surface area contributed by atoms with Crippen molar-refractivity contribution in [3.05, 3.63) is 35.4 Å². The second kappa shape index (κ2) is 8.18. The third-order valence-electron chi connectivity index (χ3n) is 4.38. The zero-order valence-corrected chi connectivity index (χ0v) is 14.5. The van der Waals surface area contributed by atoms with Crippen LogP contribution in [0.1, 0.15) is 24.0 Å². The molecule has 0 aromatic heterocycles. The summed E-state index contributed by atoms with van der Waals surface area (Å²) in [4.78, 5) is 9.04. The Morgan fingerprint density at radius 2 is 2.09 bits per heavy atom. The molecule has 4 nitrogen and oxygen atoms in total. The van der Waals surface area contributed by atoms with Crippen molar-refractivity contribution in [3.63, 3.8) is 0 Å². The number of aryl methyl sites for hydroxylation is 1. The highest BCUT2D eigenvalue weighted by Crippen LogP contribution is 2.14. The van der Waals surface area contributed by atoms with E-state index in [2.05, 4.69) is 65.4 Å². The van der Waals surface area contributed by atoms with Gasteiger partial charge in [-0.3, -0.25) is 4.99 Å². The molecule has 1 atom stereocenters. The average Bonchev–Trinajstić information content (AvgIpc) is 2.50. The maximum atomic E-state index is 4.42. The summed E-state index contributed by atoms with van der Waals surface area (Å²) in [5.74, 6) is 1.71. The van der Waals surface area contributed by atoms with Crippen molar-refractivity contribution in [2.45, 2.75) is 26.3 Å². The first-order valence-electron chi connectivity index (χ1n) is 8.24. The summed E-state index contributed by atoms with van der Waals surface area (Å²) in [6.07, 6.45) is 2.62. The lowest BCUT2D eigenvalue weighted by atomic mass is 9.98. The molecule has 1 N–H and O–H groups in total. The molecule has 4 heteroatoms. The molecule has 2 rings (SSSR count). The third-order valence-corrected chi connectivity index (χ3v) is 4.38. The second-order valence-electron chi connectivity index (χ2n) is 6.54.